The summed E-state index contributed by atoms with van der Waals surface area (Å²) in [6.45, 7) is 3.80. The van der Waals surface area contributed by atoms with Gasteiger partial charge in [0.25, 0.3) is 0 Å². The Balaban J connectivity index is 2.05. The zero-order valence-electron chi connectivity index (χ0n) is 14.0. The van der Waals surface area contributed by atoms with Crippen LogP contribution < -0.4 is 5.32 Å². The number of benzene rings is 1. The third-order valence-corrected chi connectivity index (χ3v) is 5.10. The number of hydrogen-bond donors (Lipinski definition) is 2. The van der Waals surface area contributed by atoms with E-state index in [9.17, 15) is 14.7 Å². The van der Waals surface area contributed by atoms with E-state index in [0.29, 0.717) is 5.82 Å². The Morgan fingerprint density at radius 1 is 1.52 bits per heavy atom. The van der Waals surface area contributed by atoms with E-state index >= 15 is 0 Å². The van der Waals surface area contributed by atoms with Gasteiger partial charge in [0.15, 0.2) is 0 Å². The third kappa shape index (κ3) is 3.63. The van der Waals surface area contributed by atoms with Gasteiger partial charge in [-0.3, -0.25) is 9.59 Å². The van der Waals surface area contributed by atoms with E-state index in [1.54, 1.807) is 25.1 Å². The van der Waals surface area contributed by atoms with Gasteiger partial charge in [-0.25, -0.2) is 4.68 Å². The van der Waals surface area contributed by atoms with Crippen LogP contribution in [0.3, 0.4) is 0 Å². The summed E-state index contributed by atoms with van der Waals surface area (Å²) in [5.74, 6) is 0.383. The molecule has 2 N–H and O–H groups in total. The van der Waals surface area contributed by atoms with Gasteiger partial charge < -0.3 is 15.2 Å². The highest BCUT2D eigenvalue weighted by Gasteiger charge is 2.30. The first-order chi connectivity index (χ1) is 12.0. The predicted octanol–water partition coefficient (Wildman–Crippen LogP) is 2.23. The number of phenolic OH excluding ortho intramolecular Hbond substituents is 1. The van der Waals surface area contributed by atoms with Gasteiger partial charge in [-0.1, -0.05) is 12.1 Å². The van der Waals surface area contributed by atoms with Gasteiger partial charge in [0, 0.05) is 5.56 Å². The molecule has 0 bridgehead atoms. The van der Waals surface area contributed by atoms with Crippen molar-refractivity contribution < 1.29 is 19.4 Å². The van der Waals surface area contributed by atoms with Crippen molar-refractivity contribution >= 4 is 29.5 Å². The summed E-state index contributed by atoms with van der Waals surface area (Å²) in [4.78, 5) is 24.0. The minimum atomic E-state index is -0.409. The fourth-order valence-electron chi connectivity index (χ4n) is 2.85. The number of fused-ring (bicyclic) bond motifs is 1. The number of carbonyl (C=O) groups excluding carboxylic acids is 2. The van der Waals surface area contributed by atoms with Crippen molar-refractivity contribution in [1.29, 1.82) is 0 Å². The Morgan fingerprint density at radius 3 is 3.04 bits per heavy atom. The Morgan fingerprint density at radius 2 is 2.32 bits per heavy atom. The maximum Gasteiger partial charge on any atom is 0.327 e. The molecule has 132 valence electrons. The van der Waals surface area contributed by atoms with Crippen molar-refractivity contribution in [2.45, 2.75) is 25.6 Å². The molecule has 7 nitrogen and oxygen atoms in total. The van der Waals surface area contributed by atoms with E-state index in [1.807, 2.05) is 13.0 Å². The van der Waals surface area contributed by atoms with Crippen LogP contribution in [0, 0.1) is 6.92 Å². The number of esters is 1. The third-order valence-electron chi connectivity index (χ3n) is 3.83. The molecule has 0 aliphatic carbocycles. The van der Waals surface area contributed by atoms with Crippen molar-refractivity contribution in [2.75, 3.05) is 17.7 Å². The van der Waals surface area contributed by atoms with Gasteiger partial charge >= 0.3 is 5.97 Å². The summed E-state index contributed by atoms with van der Waals surface area (Å²) < 4.78 is 6.46. The Kier molecular flexibility index (Phi) is 4.98. The van der Waals surface area contributed by atoms with Crippen molar-refractivity contribution in [2.24, 2.45) is 0 Å². The van der Waals surface area contributed by atoms with Crippen LogP contribution in [0.4, 0.5) is 5.82 Å². The zero-order chi connectivity index (χ0) is 18.0. The van der Waals surface area contributed by atoms with Crippen LogP contribution in [0.25, 0.3) is 0 Å². The molecule has 1 aliphatic heterocycles. The number of carbonyl (C=O) groups is 2. The molecule has 0 unspecified atom stereocenters. The number of aromatic hydroxyl groups is 1. The molecule has 0 saturated carbocycles. The lowest BCUT2D eigenvalue weighted by molar-refractivity contribution is -0.144. The van der Waals surface area contributed by atoms with E-state index in [0.717, 1.165) is 16.8 Å². The van der Waals surface area contributed by atoms with Crippen molar-refractivity contribution in [1.82, 2.24) is 9.78 Å². The molecule has 3 rings (SSSR count). The van der Waals surface area contributed by atoms with Crippen LogP contribution in [0.15, 0.2) is 24.3 Å². The second-order valence-electron chi connectivity index (χ2n) is 5.64. The Bertz CT molecular complexity index is 818. The van der Waals surface area contributed by atoms with Crippen LogP contribution >= 0.6 is 11.8 Å². The Hall–Kier alpha value is -2.48. The lowest BCUT2D eigenvalue weighted by atomic mass is 10.0. The SMILES string of the molecule is CCOC(=O)Cn1nc(C)c2c1NC(=O)CS[C@@H]2c1cccc(O)c1. The normalized spacial score (nSPS) is 16.7. The molecule has 25 heavy (non-hydrogen) atoms. The average Bonchev–Trinajstić information content (AvgIpc) is 2.74. The lowest BCUT2D eigenvalue weighted by Gasteiger charge is -2.15. The summed E-state index contributed by atoms with van der Waals surface area (Å²) in [7, 11) is 0. The van der Waals surface area contributed by atoms with Crippen molar-refractivity contribution in [3.05, 3.63) is 41.1 Å². The molecule has 0 fully saturated rings. The fraction of sp³-hybridized carbons (Fsp3) is 0.353. The van der Waals surface area contributed by atoms with Gasteiger partial charge in [-0.05, 0) is 31.5 Å². The summed E-state index contributed by atoms with van der Waals surface area (Å²) in [5, 5.41) is 16.9. The van der Waals surface area contributed by atoms with E-state index in [-0.39, 0.29) is 35.8 Å². The number of anilines is 1. The number of phenols is 1. The van der Waals surface area contributed by atoms with Crippen LogP contribution in [0.1, 0.15) is 29.0 Å². The number of thioether (sulfide) groups is 1. The predicted molar refractivity (Wildman–Crippen MR) is 94.6 cm³/mol. The second-order valence-corrected chi connectivity index (χ2v) is 6.74. The van der Waals surface area contributed by atoms with Gasteiger partial charge in [0.05, 0.1) is 23.3 Å². The summed E-state index contributed by atoms with van der Waals surface area (Å²) in [5.41, 5.74) is 2.44. The van der Waals surface area contributed by atoms with Crippen molar-refractivity contribution in [3.63, 3.8) is 0 Å². The van der Waals surface area contributed by atoms with Crippen LogP contribution in [0.2, 0.25) is 0 Å². The molecule has 0 radical (unpaired) electrons. The van der Waals surface area contributed by atoms with E-state index < -0.39 is 5.97 Å². The van der Waals surface area contributed by atoms with Gasteiger partial charge in [0.1, 0.15) is 18.1 Å². The number of ether oxygens (including phenoxy) is 1. The molecule has 1 aromatic heterocycles. The molecule has 1 atom stereocenters. The molecule has 0 saturated heterocycles. The highest BCUT2D eigenvalue weighted by atomic mass is 32.2. The van der Waals surface area contributed by atoms with E-state index in [1.165, 1.54) is 16.4 Å². The quantitative estimate of drug-likeness (QED) is 0.811. The largest absolute Gasteiger partial charge is 0.508 e. The molecule has 8 heteroatoms. The van der Waals surface area contributed by atoms with E-state index in [2.05, 4.69) is 10.4 Å². The average molecular weight is 361 g/mol. The smallest absolute Gasteiger partial charge is 0.327 e. The van der Waals surface area contributed by atoms with Crippen LogP contribution in [-0.2, 0) is 20.9 Å². The molecule has 0 spiro atoms. The molecule has 1 aliphatic rings. The molecule has 2 aromatic rings. The molecule has 1 aromatic carbocycles. The summed E-state index contributed by atoms with van der Waals surface area (Å²) in [6, 6.07) is 6.95. The van der Waals surface area contributed by atoms with Crippen LogP contribution in [0.5, 0.6) is 5.75 Å². The summed E-state index contributed by atoms with van der Waals surface area (Å²) in [6.07, 6.45) is 0. The minimum absolute atomic E-state index is 0.0677. The van der Waals surface area contributed by atoms with Gasteiger partial charge in [-0.15, -0.1) is 11.8 Å². The highest BCUT2D eigenvalue weighted by Crippen LogP contribution is 2.43. The number of aromatic nitrogens is 2. The zero-order valence-corrected chi connectivity index (χ0v) is 14.8. The number of nitrogens with zero attached hydrogens (tertiary/aromatic N) is 2. The second kappa shape index (κ2) is 7.18. The number of amides is 1. The summed E-state index contributed by atoms with van der Waals surface area (Å²) >= 11 is 1.46. The minimum Gasteiger partial charge on any atom is -0.508 e. The van der Waals surface area contributed by atoms with Gasteiger partial charge in [0.2, 0.25) is 5.91 Å². The number of nitrogens with one attached hydrogen (secondary N) is 1. The monoisotopic (exact) mass is 361 g/mol. The first-order valence-electron chi connectivity index (χ1n) is 7.93. The maximum absolute atomic E-state index is 12.1. The lowest BCUT2D eigenvalue weighted by Crippen LogP contribution is -2.20. The first kappa shape index (κ1) is 17.3. The molecular weight excluding hydrogens is 342 g/mol. The van der Waals surface area contributed by atoms with Crippen LogP contribution in [-0.4, -0.2) is 39.1 Å². The fourth-order valence-corrected chi connectivity index (χ4v) is 4.02. The number of hydrogen-bond acceptors (Lipinski definition) is 6. The number of rotatable bonds is 4. The topological polar surface area (TPSA) is 93.5 Å². The maximum atomic E-state index is 12.1. The van der Waals surface area contributed by atoms with Gasteiger partial charge in [-0.2, -0.15) is 5.10 Å². The molecule has 1 amide bonds. The Labute approximate surface area is 149 Å². The van der Waals surface area contributed by atoms with Crippen molar-refractivity contribution in [3.8, 4) is 5.75 Å². The highest BCUT2D eigenvalue weighted by molar-refractivity contribution is 8.00. The van der Waals surface area contributed by atoms with E-state index in [4.69, 9.17) is 4.74 Å². The molecule has 2 heterocycles. The first-order valence-corrected chi connectivity index (χ1v) is 8.97. The number of aryl methyl sites for hydroxylation is 1. The standard InChI is InChI=1S/C17H19N3O4S/c1-3-24-14(23)8-20-17-15(10(2)19-20)16(25-9-13(22)18-17)11-5-4-6-12(21)7-11/h4-7,16,21H,3,8-9H2,1-2H3,(H,18,22)/t16-/m1/s1. The molecular formula is C17H19N3O4S.